The highest BCUT2D eigenvalue weighted by Crippen LogP contribution is 2.52. The summed E-state index contributed by atoms with van der Waals surface area (Å²) in [5.74, 6) is 2.73. The molecule has 2 aromatic heterocycles. The number of hydrogen-bond donors (Lipinski definition) is 0. The molecule has 1 aliphatic heterocycles. The van der Waals surface area contributed by atoms with Crippen LogP contribution in [0.2, 0.25) is 0 Å². The molecule has 5 heteroatoms. The molecule has 0 radical (unpaired) electrons. The molecular formula is C23H32N4O. The van der Waals surface area contributed by atoms with E-state index in [1.807, 2.05) is 15.5 Å². The van der Waals surface area contributed by atoms with Crippen LogP contribution >= 0.6 is 0 Å². The summed E-state index contributed by atoms with van der Waals surface area (Å²) in [4.78, 5) is 20.1. The molecule has 28 heavy (non-hydrogen) atoms. The Morgan fingerprint density at radius 3 is 2.50 bits per heavy atom. The Hall–Kier alpha value is -1.91. The molecule has 2 bridgehead atoms. The molecule has 2 aromatic rings. The fourth-order valence-corrected chi connectivity index (χ4v) is 5.77. The second-order valence-electron chi connectivity index (χ2n) is 9.55. The molecule has 3 heterocycles. The van der Waals surface area contributed by atoms with Crippen LogP contribution in [0.4, 0.5) is 0 Å². The van der Waals surface area contributed by atoms with Crippen LogP contribution in [0.25, 0.3) is 5.65 Å². The van der Waals surface area contributed by atoms with Crippen molar-refractivity contribution in [2.24, 2.45) is 11.8 Å². The average molecular weight is 381 g/mol. The SMILES string of the molecule is CC(C)c1cc(C2CC3CCC2C3)nc2cc(C(=O)N3CCCCCC3)nn12. The van der Waals surface area contributed by atoms with E-state index in [1.54, 1.807) is 0 Å². The van der Waals surface area contributed by atoms with Gasteiger partial charge in [-0.2, -0.15) is 5.10 Å². The molecule has 1 amide bonds. The van der Waals surface area contributed by atoms with Crippen molar-refractivity contribution in [2.45, 2.75) is 77.0 Å². The van der Waals surface area contributed by atoms with Gasteiger partial charge < -0.3 is 4.90 Å². The Kier molecular flexibility index (Phi) is 4.64. The Morgan fingerprint density at radius 2 is 1.86 bits per heavy atom. The average Bonchev–Trinajstić information content (AvgIpc) is 3.37. The first-order valence-electron chi connectivity index (χ1n) is 11.3. The Balaban J connectivity index is 1.51. The number of nitrogens with zero attached hydrogens (tertiary/aromatic N) is 4. The maximum atomic E-state index is 13.1. The molecule has 3 unspecified atom stereocenters. The molecule has 3 aliphatic rings. The lowest BCUT2D eigenvalue weighted by Gasteiger charge is -2.22. The number of carbonyl (C=O) groups is 1. The summed E-state index contributed by atoms with van der Waals surface area (Å²) in [6, 6.07) is 4.20. The van der Waals surface area contributed by atoms with Crippen LogP contribution in [0, 0.1) is 11.8 Å². The van der Waals surface area contributed by atoms with E-state index in [4.69, 9.17) is 10.1 Å². The van der Waals surface area contributed by atoms with Crippen LogP contribution in [0.1, 0.15) is 98.9 Å². The molecule has 2 aliphatic carbocycles. The van der Waals surface area contributed by atoms with Gasteiger partial charge >= 0.3 is 0 Å². The largest absolute Gasteiger partial charge is 0.337 e. The lowest BCUT2D eigenvalue weighted by Crippen LogP contribution is -2.32. The Labute approximate surface area is 167 Å². The summed E-state index contributed by atoms with van der Waals surface area (Å²) in [5.41, 5.74) is 3.82. The van der Waals surface area contributed by atoms with Crippen molar-refractivity contribution < 1.29 is 4.79 Å². The van der Waals surface area contributed by atoms with E-state index in [0.717, 1.165) is 43.4 Å². The Morgan fingerprint density at radius 1 is 1.07 bits per heavy atom. The third-order valence-corrected chi connectivity index (χ3v) is 7.30. The number of likely N-dealkylation sites (tertiary alicyclic amines) is 1. The second kappa shape index (κ2) is 7.16. The van der Waals surface area contributed by atoms with Crippen LogP contribution in [0.15, 0.2) is 12.1 Å². The van der Waals surface area contributed by atoms with Crippen molar-refractivity contribution in [3.05, 3.63) is 29.2 Å². The highest BCUT2D eigenvalue weighted by molar-refractivity contribution is 5.93. The second-order valence-corrected chi connectivity index (χ2v) is 9.55. The summed E-state index contributed by atoms with van der Waals surface area (Å²) in [6.07, 6.45) is 10.1. The molecular weight excluding hydrogens is 348 g/mol. The standard InChI is InChI=1S/C23H32N4O/c1-15(2)21-13-19(18-12-16-7-8-17(18)11-16)24-22-14-20(25-27(21)22)23(28)26-9-5-3-4-6-10-26/h13-18H,3-12H2,1-2H3. The minimum Gasteiger partial charge on any atom is -0.337 e. The number of hydrogen-bond acceptors (Lipinski definition) is 3. The molecule has 3 fully saturated rings. The fraction of sp³-hybridized carbons (Fsp3) is 0.696. The van der Waals surface area contributed by atoms with Gasteiger partial charge in [0, 0.05) is 36.5 Å². The van der Waals surface area contributed by atoms with E-state index < -0.39 is 0 Å². The zero-order valence-electron chi connectivity index (χ0n) is 17.2. The van der Waals surface area contributed by atoms with Crippen LogP contribution in [-0.2, 0) is 0 Å². The van der Waals surface area contributed by atoms with Gasteiger partial charge in [0.15, 0.2) is 11.3 Å². The lowest BCUT2D eigenvalue weighted by molar-refractivity contribution is 0.0755. The number of rotatable bonds is 3. The van der Waals surface area contributed by atoms with E-state index in [1.165, 1.54) is 49.9 Å². The molecule has 2 saturated carbocycles. The van der Waals surface area contributed by atoms with Gasteiger partial charge in [-0.1, -0.05) is 33.1 Å². The number of amides is 1. The topological polar surface area (TPSA) is 50.5 Å². The summed E-state index contributed by atoms with van der Waals surface area (Å²) in [6.45, 7) is 6.12. The fourth-order valence-electron chi connectivity index (χ4n) is 5.77. The van der Waals surface area contributed by atoms with Crippen molar-refractivity contribution in [3.8, 4) is 0 Å². The smallest absolute Gasteiger partial charge is 0.274 e. The summed E-state index contributed by atoms with van der Waals surface area (Å²) in [5, 5.41) is 4.72. The maximum absolute atomic E-state index is 13.1. The summed E-state index contributed by atoms with van der Waals surface area (Å²) >= 11 is 0. The van der Waals surface area contributed by atoms with Crippen LogP contribution in [-0.4, -0.2) is 38.5 Å². The summed E-state index contributed by atoms with van der Waals surface area (Å²) < 4.78 is 1.92. The minimum atomic E-state index is 0.0728. The maximum Gasteiger partial charge on any atom is 0.274 e. The van der Waals surface area contributed by atoms with E-state index in [0.29, 0.717) is 17.5 Å². The predicted molar refractivity (Wildman–Crippen MR) is 110 cm³/mol. The van der Waals surface area contributed by atoms with Gasteiger partial charge in [-0.15, -0.1) is 0 Å². The normalized spacial score (nSPS) is 27.7. The molecule has 0 spiro atoms. The van der Waals surface area contributed by atoms with E-state index >= 15 is 0 Å². The van der Waals surface area contributed by atoms with Crippen molar-refractivity contribution in [2.75, 3.05) is 13.1 Å². The molecule has 1 saturated heterocycles. The van der Waals surface area contributed by atoms with Crippen molar-refractivity contribution in [3.63, 3.8) is 0 Å². The highest BCUT2D eigenvalue weighted by Gasteiger charge is 2.41. The van der Waals surface area contributed by atoms with Gasteiger partial charge in [-0.05, 0) is 55.9 Å². The third kappa shape index (κ3) is 3.13. The van der Waals surface area contributed by atoms with Gasteiger partial charge in [-0.3, -0.25) is 4.79 Å². The minimum absolute atomic E-state index is 0.0728. The first-order chi connectivity index (χ1) is 13.6. The Bertz CT molecular complexity index is 878. The highest BCUT2D eigenvalue weighted by atomic mass is 16.2. The number of aromatic nitrogens is 3. The van der Waals surface area contributed by atoms with Crippen LogP contribution < -0.4 is 0 Å². The van der Waals surface area contributed by atoms with Crippen LogP contribution in [0.3, 0.4) is 0 Å². The number of fused-ring (bicyclic) bond motifs is 3. The molecule has 0 aromatic carbocycles. The zero-order valence-corrected chi connectivity index (χ0v) is 17.2. The third-order valence-electron chi connectivity index (χ3n) is 7.30. The zero-order chi connectivity index (χ0) is 19.3. The van der Waals surface area contributed by atoms with Gasteiger partial charge in [0.05, 0.1) is 0 Å². The van der Waals surface area contributed by atoms with Gasteiger partial charge in [-0.25, -0.2) is 9.50 Å². The summed E-state index contributed by atoms with van der Waals surface area (Å²) in [7, 11) is 0. The first kappa shape index (κ1) is 18.1. The van der Waals surface area contributed by atoms with Gasteiger partial charge in [0.25, 0.3) is 5.91 Å². The number of carbonyl (C=O) groups excluding carboxylic acids is 1. The van der Waals surface area contributed by atoms with Gasteiger partial charge in [0.1, 0.15) is 0 Å². The van der Waals surface area contributed by atoms with Gasteiger partial charge in [0.2, 0.25) is 0 Å². The molecule has 5 rings (SSSR count). The quantitative estimate of drug-likeness (QED) is 0.770. The molecule has 5 nitrogen and oxygen atoms in total. The van der Waals surface area contributed by atoms with Crippen molar-refractivity contribution in [1.29, 1.82) is 0 Å². The lowest BCUT2D eigenvalue weighted by atomic mass is 9.85. The first-order valence-corrected chi connectivity index (χ1v) is 11.3. The molecule has 3 atom stereocenters. The van der Waals surface area contributed by atoms with E-state index in [2.05, 4.69) is 19.9 Å². The van der Waals surface area contributed by atoms with E-state index in [9.17, 15) is 4.79 Å². The van der Waals surface area contributed by atoms with Crippen molar-refractivity contribution in [1.82, 2.24) is 19.5 Å². The monoisotopic (exact) mass is 380 g/mol. The van der Waals surface area contributed by atoms with E-state index in [-0.39, 0.29) is 5.91 Å². The molecule has 150 valence electrons. The predicted octanol–water partition coefficient (Wildman–Crippen LogP) is 4.77. The molecule has 0 N–H and O–H groups in total. The van der Waals surface area contributed by atoms with Crippen LogP contribution in [0.5, 0.6) is 0 Å². The van der Waals surface area contributed by atoms with Crippen molar-refractivity contribution >= 4 is 11.6 Å².